The molecule has 1 aliphatic carbocycles. The number of methoxy groups -OCH3 is 2. The molecule has 5 N–H and O–H groups in total. The van der Waals surface area contributed by atoms with Gasteiger partial charge in [0.2, 0.25) is 0 Å². The van der Waals surface area contributed by atoms with Crippen LogP contribution in [0.2, 0.25) is 0 Å². The quantitative estimate of drug-likeness (QED) is 0.0581. The van der Waals surface area contributed by atoms with E-state index in [9.17, 15) is 35.5 Å². The Labute approximate surface area is 334 Å². The van der Waals surface area contributed by atoms with Gasteiger partial charge in [-0.05, 0) is 112 Å². The first-order valence-electron chi connectivity index (χ1n) is 16.9. The third-order valence-corrected chi connectivity index (χ3v) is 10.1. The molecule has 306 valence electrons. The number of aromatic carboxylic acids is 1. The van der Waals surface area contributed by atoms with Gasteiger partial charge in [0.05, 0.1) is 51.7 Å². The normalized spacial score (nSPS) is 15.8. The highest BCUT2D eigenvalue weighted by atomic mass is 32.2. The molecule has 3 aromatic rings. The first-order valence-corrected chi connectivity index (χ1v) is 19.8. The number of nitrogens with zero attached hydrogens (tertiary/aromatic N) is 6. The van der Waals surface area contributed by atoms with Crippen molar-refractivity contribution in [3.05, 3.63) is 112 Å². The Morgan fingerprint density at radius 2 is 1.52 bits per heavy atom. The van der Waals surface area contributed by atoms with E-state index >= 15 is 0 Å². The van der Waals surface area contributed by atoms with Crippen LogP contribution in [-0.2, 0) is 25.0 Å². The molecule has 1 atom stereocenters. The highest BCUT2D eigenvalue weighted by Gasteiger charge is 2.25. The second kappa shape index (κ2) is 18.8. The highest BCUT2D eigenvalue weighted by molar-refractivity contribution is 7.86. The first-order chi connectivity index (χ1) is 27.2. The summed E-state index contributed by atoms with van der Waals surface area (Å²) in [6.45, 7) is 8.55. The molecule has 58 heavy (non-hydrogen) atoms. The van der Waals surface area contributed by atoms with E-state index in [1.807, 2.05) is 0 Å². The Balaban J connectivity index is 1.46. The third kappa shape index (κ3) is 11.9. The largest absolute Gasteiger partial charge is 0.494 e. The number of anilines is 1. The molecule has 0 saturated carbocycles. The summed E-state index contributed by atoms with van der Waals surface area (Å²) in [5.74, 6) is -0.727. The van der Waals surface area contributed by atoms with Crippen molar-refractivity contribution < 1.29 is 50.1 Å². The summed E-state index contributed by atoms with van der Waals surface area (Å²) < 4.78 is 76.5. The molecule has 0 spiro atoms. The van der Waals surface area contributed by atoms with Crippen LogP contribution in [0.4, 0.5) is 27.5 Å². The van der Waals surface area contributed by atoms with E-state index in [0.717, 1.165) is 12.1 Å². The molecular formula is C37H40N8O11S2. The number of nitrogens with one attached hydrogen (secondary N) is 2. The lowest BCUT2D eigenvalue weighted by molar-refractivity contribution is 0.0696. The number of azo groups is 3. The number of aryl methyl sites for hydroxylation is 1. The van der Waals surface area contributed by atoms with Crippen molar-refractivity contribution in [3.63, 3.8) is 0 Å². The lowest BCUT2D eigenvalue weighted by Crippen LogP contribution is -2.35. The number of urea groups is 1. The van der Waals surface area contributed by atoms with Crippen LogP contribution < -0.4 is 15.4 Å². The van der Waals surface area contributed by atoms with Gasteiger partial charge in [0.15, 0.2) is 0 Å². The van der Waals surface area contributed by atoms with Gasteiger partial charge in [-0.3, -0.25) is 9.11 Å². The molecule has 0 radical (unpaired) electrons. The van der Waals surface area contributed by atoms with Crippen LogP contribution in [0.1, 0.15) is 50.0 Å². The minimum absolute atomic E-state index is 0.127. The van der Waals surface area contributed by atoms with Gasteiger partial charge in [-0.15, -0.1) is 5.11 Å². The molecule has 19 nitrogen and oxygen atoms in total. The number of rotatable bonds is 14. The molecule has 0 bridgehead atoms. The summed E-state index contributed by atoms with van der Waals surface area (Å²) in [4.78, 5) is 22.7. The van der Waals surface area contributed by atoms with E-state index in [-0.39, 0.29) is 17.7 Å². The maximum atomic E-state index is 13.2. The maximum absolute atomic E-state index is 13.2. The molecule has 0 saturated heterocycles. The van der Waals surface area contributed by atoms with Crippen LogP contribution in [0, 0.1) is 6.92 Å². The number of carboxylic acids is 1. The Morgan fingerprint density at radius 1 is 0.828 bits per heavy atom. The maximum Gasteiger partial charge on any atom is 0.335 e. The average molecular weight is 837 g/mol. The fourth-order valence-corrected chi connectivity index (χ4v) is 6.39. The Morgan fingerprint density at radius 3 is 2.12 bits per heavy atom. The number of benzene rings is 3. The van der Waals surface area contributed by atoms with Crippen molar-refractivity contribution in [2.45, 2.75) is 56.9 Å². The number of carbonyl (C=O) groups excluding carboxylic acids is 1. The molecule has 4 rings (SSSR count). The minimum Gasteiger partial charge on any atom is -0.494 e. The Bertz CT molecular complexity index is 2560. The van der Waals surface area contributed by atoms with Gasteiger partial charge >= 0.3 is 12.0 Å². The molecule has 2 amide bonds. The second-order valence-corrected chi connectivity index (χ2v) is 15.5. The summed E-state index contributed by atoms with van der Waals surface area (Å²) in [5.41, 5.74) is 4.89. The molecule has 0 aromatic heterocycles. The summed E-state index contributed by atoms with van der Waals surface area (Å²) >= 11 is 0. The van der Waals surface area contributed by atoms with Crippen LogP contribution >= 0.6 is 0 Å². The molecule has 0 fully saturated rings. The van der Waals surface area contributed by atoms with Gasteiger partial charge in [-0.2, -0.15) is 42.4 Å². The van der Waals surface area contributed by atoms with Crippen molar-refractivity contribution in [2.24, 2.45) is 30.7 Å². The lowest BCUT2D eigenvalue weighted by Gasteiger charge is -2.25. The van der Waals surface area contributed by atoms with Crippen LogP contribution in [0.3, 0.4) is 0 Å². The van der Waals surface area contributed by atoms with Crippen molar-refractivity contribution in [3.8, 4) is 5.75 Å². The zero-order valence-corrected chi connectivity index (χ0v) is 33.9. The predicted molar refractivity (Wildman–Crippen MR) is 211 cm³/mol. The van der Waals surface area contributed by atoms with Crippen LogP contribution in [0.15, 0.2) is 141 Å². The van der Waals surface area contributed by atoms with Crippen molar-refractivity contribution in [1.29, 1.82) is 0 Å². The molecule has 0 heterocycles. The fraction of sp³-hybridized carbons (Fsp3) is 0.243. The number of hydrogen-bond donors (Lipinski definition) is 5. The van der Waals surface area contributed by atoms with Crippen LogP contribution in [-0.4, -0.2) is 63.4 Å². The van der Waals surface area contributed by atoms with Gasteiger partial charge in [-0.1, -0.05) is 0 Å². The van der Waals surface area contributed by atoms with Crippen molar-refractivity contribution in [2.75, 3.05) is 19.5 Å². The topological polar surface area (TPSA) is 280 Å². The predicted octanol–water partition coefficient (Wildman–Crippen LogP) is 8.74. The zero-order chi connectivity index (χ0) is 42.9. The summed E-state index contributed by atoms with van der Waals surface area (Å²) in [6, 6.07) is 11.1. The number of ether oxygens (including phenoxy) is 2. The number of carboxylic acid groups (broad SMARTS) is 1. The second-order valence-electron chi connectivity index (χ2n) is 12.7. The fourth-order valence-electron chi connectivity index (χ4n) is 5.16. The molecule has 1 aliphatic rings. The first kappa shape index (κ1) is 44.5. The van der Waals surface area contributed by atoms with Gasteiger partial charge in [-0.25, -0.2) is 9.59 Å². The smallest absolute Gasteiger partial charge is 0.335 e. The third-order valence-electron chi connectivity index (χ3n) is 8.39. The van der Waals surface area contributed by atoms with Crippen molar-refractivity contribution >= 4 is 55.0 Å². The monoisotopic (exact) mass is 836 g/mol. The number of hydrogen-bond acceptors (Lipinski definition) is 14. The number of amides is 2. The van der Waals surface area contributed by atoms with Gasteiger partial charge < -0.3 is 25.2 Å². The van der Waals surface area contributed by atoms with Crippen LogP contribution in [0.5, 0.6) is 5.75 Å². The molecular weight excluding hydrogens is 797 g/mol. The molecule has 21 heteroatoms. The van der Waals surface area contributed by atoms with Gasteiger partial charge in [0.1, 0.15) is 22.4 Å². The number of carbonyl (C=O) groups is 2. The van der Waals surface area contributed by atoms with Gasteiger partial charge in [0, 0.05) is 25.3 Å². The SMILES string of the molecule is COc1cc(N=Nc2ccc(C(=O)O)cc2)c(C)cc1NC(=O)NC1=CC(C)=C(N=N/C(C)=C/C(C)=C(\C)N=Nc2ccc(S(=O)(=O)O)cc2S(=O)(=O)O)CC1OC. The van der Waals surface area contributed by atoms with E-state index in [0.29, 0.717) is 68.4 Å². The molecule has 3 aromatic carbocycles. The highest BCUT2D eigenvalue weighted by Crippen LogP contribution is 2.34. The van der Waals surface area contributed by atoms with E-state index in [1.54, 1.807) is 58.9 Å². The van der Waals surface area contributed by atoms with Gasteiger partial charge in [0.25, 0.3) is 20.2 Å². The summed E-state index contributed by atoms with van der Waals surface area (Å²) in [5, 5.41) is 39.7. The van der Waals surface area contributed by atoms with E-state index in [4.69, 9.17) is 14.6 Å². The summed E-state index contributed by atoms with van der Waals surface area (Å²) in [7, 11) is -6.73. The van der Waals surface area contributed by atoms with Crippen molar-refractivity contribution in [1.82, 2.24) is 5.32 Å². The Kier molecular flexibility index (Phi) is 14.4. The van der Waals surface area contributed by atoms with Crippen LogP contribution in [0.25, 0.3) is 0 Å². The van der Waals surface area contributed by atoms with E-state index < -0.39 is 48.1 Å². The van der Waals surface area contributed by atoms with E-state index in [2.05, 4.69) is 41.3 Å². The lowest BCUT2D eigenvalue weighted by atomic mass is 9.99. The molecule has 1 unspecified atom stereocenters. The standard InChI is InChI=1S/C37H40N8O11S2/c1-20(24(5)41-43-28-13-12-27(57(49,50)51)17-35(28)58(52,53)54)14-23(4)40-44-29-18-33(55-6)31(15-21(29)2)38-37(48)39-32-16-22(3)30(19-34(32)56-7)45-42-26-10-8-25(9-11-26)36(46)47/h8-17,19,33H,18H2,1-7H3,(H,46,47)(H2,38,39,48)(H,49,50,51)(H,52,53,54)/b23-14+,24-20+,43-41?,44-40?,45-42?. The summed E-state index contributed by atoms with van der Waals surface area (Å²) in [6.07, 6.45) is 3.07. The molecule has 0 aliphatic heterocycles. The Hall–Kier alpha value is -6.26. The van der Waals surface area contributed by atoms with E-state index in [1.165, 1.54) is 38.5 Å². The zero-order valence-electron chi connectivity index (χ0n) is 32.2. The number of allylic oxidation sites excluding steroid dienone is 6. The average Bonchev–Trinajstić information content (AvgIpc) is 3.15. The minimum atomic E-state index is -4.92.